The molecule has 2 saturated heterocycles. The first kappa shape index (κ1) is 14.9. The second kappa shape index (κ2) is 6.00. The van der Waals surface area contributed by atoms with Crippen molar-refractivity contribution >= 4 is 11.8 Å². The highest BCUT2D eigenvalue weighted by atomic mass is 16.2. The first-order valence-electron chi connectivity index (χ1n) is 7.76. The molecule has 3 heterocycles. The van der Waals surface area contributed by atoms with E-state index in [-0.39, 0.29) is 18.4 Å². The molecule has 7 nitrogen and oxygen atoms in total. The Morgan fingerprint density at radius 2 is 1.95 bits per heavy atom. The molecule has 3 rings (SSSR count). The molecule has 0 aliphatic carbocycles. The number of amides is 2. The van der Waals surface area contributed by atoms with Crippen molar-refractivity contribution in [2.75, 3.05) is 26.2 Å². The maximum Gasteiger partial charge on any atom is 0.254 e. The van der Waals surface area contributed by atoms with E-state index in [1.54, 1.807) is 23.5 Å². The summed E-state index contributed by atoms with van der Waals surface area (Å²) in [6.07, 6.45) is 8.09. The predicted molar refractivity (Wildman–Crippen MR) is 79.5 cm³/mol. The molecule has 2 N–H and O–H groups in total. The van der Waals surface area contributed by atoms with Crippen LogP contribution in [0, 0.1) is 0 Å². The summed E-state index contributed by atoms with van der Waals surface area (Å²) < 4.78 is 0. The molecule has 118 valence electrons. The van der Waals surface area contributed by atoms with E-state index >= 15 is 0 Å². The van der Waals surface area contributed by atoms with Gasteiger partial charge in [-0.05, 0) is 25.7 Å². The molecule has 1 atom stereocenters. The fourth-order valence-corrected chi connectivity index (χ4v) is 3.56. The molecule has 2 fully saturated rings. The van der Waals surface area contributed by atoms with Gasteiger partial charge in [-0.3, -0.25) is 19.6 Å². The molecule has 2 amide bonds. The van der Waals surface area contributed by atoms with Gasteiger partial charge in [0.2, 0.25) is 5.91 Å². The van der Waals surface area contributed by atoms with Crippen molar-refractivity contribution in [2.24, 2.45) is 5.73 Å². The van der Waals surface area contributed by atoms with Crippen molar-refractivity contribution in [3.63, 3.8) is 0 Å². The first-order valence-corrected chi connectivity index (χ1v) is 7.76. The van der Waals surface area contributed by atoms with E-state index in [0.717, 1.165) is 32.4 Å². The van der Waals surface area contributed by atoms with Crippen LogP contribution in [0.1, 0.15) is 31.4 Å². The number of carbonyl (C=O) groups is 2. The first-order chi connectivity index (χ1) is 10.7. The summed E-state index contributed by atoms with van der Waals surface area (Å²) >= 11 is 0. The van der Waals surface area contributed by atoms with Gasteiger partial charge in [-0.2, -0.15) is 0 Å². The van der Waals surface area contributed by atoms with Crippen LogP contribution in [0.4, 0.5) is 0 Å². The summed E-state index contributed by atoms with van der Waals surface area (Å²) in [7, 11) is 0. The van der Waals surface area contributed by atoms with Gasteiger partial charge in [0.25, 0.3) is 5.91 Å². The molecule has 0 spiro atoms. The summed E-state index contributed by atoms with van der Waals surface area (Å²) in [5.74, 6) is -0.250. The molecule has 2 aliphatic heterocycles. The lowest BCUT2D eigenvalue weighted by molar-refractivity contribution is -0.151. The van der Waals surface area contributed by atoms with Gasteiger partial charge in [-0.1, -0.05) is 0 Å². The number of nitrogens with zero attached hydrogens (tertiary/aromatic N) is 4. The lowest BCUT2D eigenvalue weighted by atomic mass is 9.90. The molecule has 1 aromatic rings. The fourth-order valence-electron chi connectivity index (χ4n) is 3.56. The van der Waals surface area contributed by atoms with Crippen LogP contribution >= 0.6 is 0 Å². The Morgan fingerprint density at radius 1 is 1.18 bits per heavy atom. The number of nitrogens with two attached hydrogens (primary N) is 1. The number of hydrogen-bond acceptors (Lipinski definition) is 5. The van der Waals surface area contributed by atoms with E-state index in [9.17, 15) is 9.59 Å². The lowest BCUT2D eigenvalue weighted by Gasteiger charge is -2.38. The van der Waals surface area contributed by atoms with Crippen LogP contribution in [0.5, 0.6) is 0 Å². The lowest BCUT2D eigenvalue weighted by Crippen LogP contribution is -2.57. The van der Waals surface area contributed by atoms with Crippen LogP contribution in [0.3, 0.4) is 0 Å². The van der Waals surface area contributed by atoms with Crippen LogP contribution in [0.2, 0.25) is 0 Å². The van der Waals surface area contributed by atoms with Gasteiger partial charge in [0, 0.05) is 32.0 Å². The second-order valence-electron chi connectivity index (χ2n) is 5.80. The molecular weight excluding hydrogens is 282 g/mol. The maximum atomic E-state index is 13.2. The van der Waals surface area contributed by atoms with Crippen molar-refractivity contribution in [2.45, 2.75) is 31.2 Å². The zero-order chi connectivity index (χ0) is 15.6. The number of aromatic nitrogens is 2. The molecule has 0 saturated carbocycles. The Hall–Kier alpha value is -2.02. The second-order valence-corrected chi connectivity index (χ2v) is 5.80. The van der Waals surface area contributed by atoms with Gasteiger partial charge < -0.3 is 15.5 Å². The standard InChI is InChI=1S/C15H21N5O2/c16-10-13(21)20-9-3-4-15(20,12-11-17-5-6-18-12)14(22)19-7-1-2-8-19/h5-6,11H,1-4,7-10,16H2/t15-/m1/s1. The van der Waals surface area contributed by atoms with Crippen molar-refractivity contribution < 1.29 is 9.59 Å². The van der Waals surface area contributed by atoms with Gasteiger partial charge in [0.15, 0.2) is 5.54 Å². The minimum absolute atomic E-state index is 0.0372. The maximum absolute atomic E-state index is 13.2. The van der Waals surface area contributed by atoms with Crippen LogP contribution in [0.15, 0.2) is 18.6 Å². The molecule has 0 aromatic carbocycles. The van der Waals surface area contributed by atoms with E-state index in [1.807, 2.05) is 4.90 Å². The van der Waals surface area contributed by atoms with Crippen LogP contribution in [0.25, 0.3) is 0 Å². The van der Waals surface area contributed by atoms with Crippen molar-refractivity contribution in [1.29, 1.82) is 0 Å². The van der Waals surface area contributed by atoms with Gasteiger partial charge in [0.05, 0.1) is 18.4 Å². The van der Waals surface area contributed by atoms with Crippen molar-refractivity contribution in [1.82, 2.24) is 19.8 Å². The fraction of sp³-hybridized carbons (Fsp3) is 0.600. The van der Waals surface area contributed by atoms with Gasteiger partial charge in [-0.15, -0.1) is 0 Å². The largest absolute Gasteiger partial charge is 0.340 e. The topological polar surface area (TPSA) is 92.4 Å². The number of carbonyl (C=O) groups excluding carboxylic acids is 2. The van der Waals surface area contributed by atoms with E-state index in [4.69, 9.17) is 5.73 Å². The monoisotopic (exact) mass is 303 g/mol. The Labute approximate surface area is 129 Å². The van der Waals surface area contributed by atoms with E-state index < -0.39 is 5.54 Å². The Morgan fingerprint density at radius 3 is 2.59 bits per heavy atom. The van der Waals surface area contributed by atoms with Crippen molar-refractivity contribution in [3.05, 3.63) is 24.3 Å². The number of rotatable bonds is 3. The average Bonchev–Trinajstić information content (AvgIpc) is 3.24. The quantitative estimate of drug-likeness (QED) is 0.840. The van der Waals surface area contributed by atoms with E-state index in [2.05, 4.69) is 9.97 Å². The van der Waals surface area contributed by atoms with Crippen LogP contribution in [-0.4, -0.2) is 57.8 Å². The summed E-state index contributed by atoms with van der Waals surface area (Å²) in [4.78, 5) is 37.4. The Bertz CT molecular complexity index is 558. The van der Waals surface area contributed by atoms with E-state index in [0.29, 0.717) is 18.7 Å². The smallest absolute Gasteiger partial charge is 0.254 e. The highest BCUT2D eigenvalue weighted by Gasteiger charge is 2.53. The zero-order valence-corrected chi connectivity index (χ0v) is 12.6. The van der Waals surface area contributed by atoms with E-state index in [1.165, 1.54) is 0 Å². The normalized spacial score (nSPS) is 24.8. The highest BCUT2D eigenvalue weighted by Crippen LogP contribution is 2.40. The third-order valence-corrected chi connectivity index (χ3v) is 4.59. The predicted octanol–water partition coefficient (Wildman–Crippen LogP) is -0.125. The summed E-state index contributed by atoms with van der Waals surface area (Å²) in [6, 6.07) is 0. The average molecular weight is 303 g/mol. The number of likely N-dealkylation sites (tertiary alicyclic amines) is 2. The Kier molecular flexibility index (Phi) is 4.06. The molecular formula is C15H21N5O2. The van der Waals surface area contributed by atoms with Gasteiger partial charge in [-0.25, -0.2) is 0 Å². The van der Waals surface area contributed by atoms with Crippen molar-refractivity contribution in [3.8, 4) is 0 Å². The molecule has 0 unspecified atom stereocenters. The number of hydrogen-bond donors (Lipinski definition) is 1. The SMILES string of the molecule is NCC(=O)N1CCC[C@]1(C(=O)N1CCCC1)c1cnccn1. The van der Waals surface area contributed by atoms with Gasteiger partial charge >= 0.3 is 0 Å². The highest BCUT2D eigenvalue weighted by molar-refractivity contribution is 5.93. The molecule has 1 aromatic heterocycles. The molecule has 0 radical (unpaired) electrons. The minimum atomic E-state index is -1.03. The molecule has 22 heavy (non-hydrogen) atoms. The summed E-state index contributed by atoms with van der Waals surface area (Å²) in [6.45, 7) is 1.92. The third kappa shape index (κ3) is 2.25. The summed E-state index contributed by atoms with van der Waals surface area (Å²) in [5, 5.41) is 0. The van der Waals surface area contributed by atoms with Gasteiger partial charge in [0.1, 0.15) is 0 Å². The zero-order valence-electron chi connectivity index (χ0n) is 12.6. The third-order valence-electron chi connectivity index (χ3n) is 4.59. The molecule has 7 heteroatoms. The molecule has 2 aliphatic rings. The minimum Gasteiger partial charge on any atom is -0.340 e. The summed E-state index contributed by atoms with van der Waals surface area (Å²) in [5.41, 5.74) is 5.07. The van der Waals surface area contributed by atoms with Crippen LogP contribution < -0.4 is 5.73 Å². The molecule has 0 bridgehead atoms. The van der Waals surface area contributed by atoms with Crippen LogP contribution in [-0.2, 0) is 15.1 Å². The Balaban J connectivity index is 2.05.